The fraction of sp³-hybridized carbons (Fsp3) is 0.129. The van der Waals surface area contributed by atoms with E-state index in [0.29, 0.717) is 28.6 Å². The van der Waals surface area contributed by atoms with Crippen molar-refractivity contribution < 1.29 is 17.6 Å². The van der Waals surface area contributed by atoms with Crippen molar-refractivity contribution in [3.8, 4) is 11.1 Å². The first-order chi connectivity index (χ1) is 19.2. The van der Waals surface area contributed by atoms with Crippen LogP contribution < -0.4 is 0 Å². The van der Waals surface area contributed by atoms with Crippen LogP contribution in [0.1, 0.15) is 34.2 Å². The number of rotatable bonds is 7. The number of carbonyl (C=O) groups excluding carboxylic acids is 1. The number of benzene rings is 3. The molecule has 0 fully saturated rings. The molecule has 3 aromatic carbocycles. The number of halogens is 1. The first-order valence-electron chi connectivity index (χ1n) is 12.8. The lowest BCUT2D eigenvalue weighted by atomic mass is 9.99. The molecule has 3 aromatic heterocycles. The zero-order chi connectivity index (χ0) is 28.0. The van der Waals surface area contributed by atoms with Crippen molar-refractivity contribution in [1.29, 1.82) is 0 Å². The van der Waals surface area contributed by atoms with E-state index in [4.69, 9.17) is 0 Å². The molecule has 0 aliphatic carbocycles. The van der Waals surface area contributed by atoms with Crippen molar-refractivity contribution in [2.24, 2.45) is 0 Å². The van der Waals surface area contributed by atoms with E-state index in [1.807, 2.05) is 31.2 Å². The van der Waals surface area contributed by atoms with Crippen molar-refractivity contribution in [3.05, 3.63) is 120 Å². The van der Waals surface area contributed by atoms with Crippen LogP contribution in [0, 0.1) is 12.7 Å². The molecule has 3 heterocycles. The van der Waals surface area contributed by atoms with Gasteiger partial charge >= 0.3 is 0 Å². The van der Waals surface area contributed by atoms with Crippen LogP contribution in [-0.2, 0) is 16.6 Å². The molecule has 0 saturated heterocycles. The van der Waals surface area contributed by atoms with E-state index in [0.717, 1.165) is 33.5 Å². The van der Waals surface area contributed by atoms with Gasteiger partial charge in [0.2, 0.25) is 10.0 Å². The average molecular weight is 553 g/mol. The molecule has 0 aliphatic rings. The van der Waals surface area contributed by atoms with Crippen molar-refractivity contribution >= 4 is 37.7 Å². The van der Waals surface area contributed by atoms with Crippen molar-refractivity contribution in [2.75, 3.05) is 5.75 Å². The Morgan fingerprint density at radius 1 is 0.925 bits per heavy atom. The van der Waals surface area contributed by atoms with Crippen LogP contribution in [0.4, 0.5) is 4.39 Å². The second-order valence-electron chi connectivity index (χ2n) is 9.61. The first kappa shape index (κ1) is 25.6. The molecule has 0 radical (unpaired) electrons. The topological polar surface area (TPSA) is 86.9 Å². The summed E-state index contributed by atoms with van der Waals surface area (Å²) >= 11 is 0. The van der Waals surface area contributed by atoms with Crippen LogP contribution in [0.15, 0.2) is 91.4 Å². The summed E-state index contributed by atoms with van der Waals surface area (Å²) in [7, 11) is -3.69. The molecule has 6 aromatic rings. The molecule has 0 aliphatic heterocycles. The number of aryl methyl sites for hydroxylation is 1. The molecule has 0 saturated carbocycles. The Morgan fingerprint density at radius 3 is 2.38 bits per heavy atom. The van der Waals surface area contributed by atoms with Gasteiger partial charge in [0, 0.05) is 35.5 Å². The van der Waals surface area contributed by atoms with Gasteiger partial charge in [-0.05, 0) is 54.8 Å². The quantitative estimate of drug-likeness (QED) is 0.228. The van der Waals surface area contributed by atoms with Gasteiger partial charge in [-0.1, -0.05) is 48.5 Å². The number of fused-ring (bicyclic) bond motifs is 2. The molecule has 0 bridgehead atoms. The number of hydrogen-bond acceptors (Lipinski definition) is 5. The third-order valence-electron chi connectivity index (χ3n) is 7.16. The van der Waals surface area contributed by atoms with Crippen molar-refractivity contribution in [2.45, 2.75) is 20.4 Å². The largest absolute Gasteiger partial charge is 0.324 e. The minimum atomic E-state index is -3.69. The monoisotopic (exact) mass is 552 g/mol. The van der Waals surface area contributed by atoms with E-state index >= 15 is 0 Å². The standard InChI is InChI=1S/C31H25FN4O3S/c1-3-40(38,39)36-19-27(26-13-10-24(16-30(26)36)22-8-11-25(32)12-9-22)31(37)23-6-4-21(5-7-23)18-35-20(2)34-28-17-33-15-14-29(28)35/h4-17,19H,3,18H2,1-2H3. The highest BCUT2D eigenvalue weighted by molar-refractivity contribution is 7.90. The van der Waals surface area contributed by atoms with Crippen molar-refractivity contribution in [3.63, 3.8) is 0 Å². The summed E-state index contributed by atoms with van der Waals surface area (Å²) in [6, 6.07) is 20.5. The SMILES string of the molecule is CCS(=O)(=O)n1cc(C(=O)c2ccc(Cn3c(C)nc4cnccc43)cc2)c2ccc(-c3ccc(F)cc3)cc21. The van der Waals surface area contributed by atoms with Gasteiger partial charge in [-0.15, -0.1) is 0 Å². The third-order valence-corrected chi connectivity index (χ3v) is 8.79. The lowest BCUT2D eigenvalue weighted by Crippen LogP contribution is -2.13. The van der Waals surface area contributed by atoms with E-state index in [1.54, 1.807) is 55.7 Å². The van der Waals surface area contributed by atoms with E-state index < -0.39 is 10.0 Å². The van der Waals surface area contributed by atoms with Crippen LogP contribution in [0.5, 0.6) is 0 Å². The molecule has 0 N–H and O–H groups in total. The summed E-state index contributed by atoms with van der Waals surface area (Å²) in [4.78, 5) is 22.4. The molecular weight excluding hydrogens is 527 g/mol. The van der Waals surface area contributed by atoms with Crippen LogP contribution in [0.3, 0.4) is 0 Å². The minimum absolute atomic E-state index is 0.127. The number of carbonyl (C=O) groups is 1. The molecule has 0 spiro atoms. The highest BCUT2D eigenvalue weighted by Gasteiger charge is 2.22. The number of imidazole rings is 1. The maximum atomic E-state index is 13.7. The fourth-order valence-electron chi connectivity index (χ4n) is 4.97. The Balaban J connectivity index is 1.37. The molecule has 40 heavy (non-hydrogen) atoms. The fourth-order valence-corrected chi connectivity index (χ4v) is 5.97. The van der Waals surface area contributed by atoms with Crippen LogP contribution >= 0.6 is 0 Å². The highest BCUT2D eigenvalue weighted by atomic mass is 32.2. The van der Waals surface area contributed by atoms with Crippen LogP contribution in [-0.4, -0.2) is 38.5 Å². The smallest absolute Gasteiger partial charge is 0.238 e. The Hall–Kier alpha value is -4.63. The Bertz CT molecular complexity index is 2010. The minimum Gasteiger partial charge on any atom is -0.324 e. The number of ketones is 1. The number of hydrogen-bond donors (Lipinski definition) is 0. The lowest BCUT2D eigenvalue weighted by molar-refractivity contribution is 0.104. The predicted molar refractivity (Wildman–Crippen MR) is 153 cm³/mol. The van der Waals surface area contributed by atoms with Gasteiger partial charge in [-0.2, -0.15) is 0 Å². The van der Waals surface area contributed by atoms with E-state index in [9.17, 15) is 17.6 Å². The average Bonchev–Trinajstić information content (AvgIpc) is 3.51. The molecular formula is C31H25FN4O3S. The summed E-state index contributed by atoms with van der Waals surface area (Å²) in [5.41, 5.74) is 5.43. The molecule has 0 atom stereocenters. The van der Waals surface area contributed by atoms with Crippen LogP contribution in [0.2, 0.25) is 0 Å². The summed E-state index contributed by atoms with van der Waals surface area (Å²) in [5.74, 6) is 0.115. The van der Waals surface area contributed by atoms with Gasteiger partial charge in [0.15, 0.2) is 5.78 Å². The van der Waals surface area contributed by atoms with E-state index in [2.05, 4.69) is 14.5 Å². The van der Waals surface area contributed by atoms with Gasteiger partial charge in [0.05, 0.1) is 23.0 Å². The summed E-state index contributed by atoms with van der Waals surface area (Å²) in [5, 5.41) is 0.533. The molecule has 6 rings (SSSR count). The zero-order valence-corrected chi connectivity index (χ0v) is 22.7. The van der Waals surface area contributed by atoms with Gasteiger partial charge in [-0.3, -0.25) is 9.78 Å². The summed E-state index contributed by atoms with van der Waals surface area (Å²) in [6.07, 6.45) is 4.88. The Morgan fingerprint density at radius 2 is 1.65 bits per heavy atom. The molecule has 0 unspecified atom stereocenters. The Kier molecular flexibility index (Phi) is 6.31. The highest BCUT2D eigenvalue weighted by Crippen LogP contribution is 2.31. The Labute approximate surface area is 230 Å². The predicted octanol–water partition coefficient (Wildman–Crippen LogP) is 5.98. The van der Waals surface area contributed by atoms with E-state index in [1.165, 1.54) is 22.3 Å². The van der Waals surface area contributed by atoms with Crippen molar-refractivity contribution in [1.82, 2.24) is 18.5 Å². The van der Waals surface area contributed by atoms with Gasteiger partial charge in [-0.25, -0.2) is 21.8 Å². The van der Waals surface area contributed by atoms with Gasteiger partial charge in [0.25, 0.3) is 0 Å². The summed E-state index contributed by atoms with van der Waals surface area (Å²) < 4.78 is 42.7. The maximum Gasteiger partial charge on any atom is 0.238 e. The second-order valence-corrected chi connectivity index (χ2v) is 11.7. The summed E-state index contributed by atoms with van der Waals surface area (Å²) in [6.45, 7) is 4.09. The normalized spacial score (nSPS) is 11.9. The second kappa shape index (κ2) is 9.84. The first-order valence-corrected chi connectivity index (χ1v) is 14.4. The molecule has 7 nitrogen and oxygen atoms in total. The molecule has 9 heteroatoms. The van der Waals surface area contributed by atoms with E-state index in [-0.39, 0.29) is 17.4 Å². The number of aromatic nitrogens is 4. The van der Waals surface area contributed by atoms with Gasteiger partial charge < -0.3 is 4.57 Å². The third kappa shape index (κ3) is 4.48. The number of nitrogens with zero attached hydrogens (tertiary/aromatic N) is 4. The van der Waals surface area contributed by atoms with Gasteiger partial charge in [0.1, 0.15) is 17.2 Å². The van der Waals surface area contributed by atoms with Crippen LogP contribution in [0.25, 0.3) is 33.1 Å². The molecule has 0 amide bonds. The number of pyridine rings is 1. The zero-order valence-electron chi connectivity index (χ0n) is 21.9. The maximum absolute atomic E-state index is 13.7. The lowest BCUT2D eigenvalue weighted by Gasteiger charge is -2.08. The molecule has 200 valence electrons.